The van der Waals surface area contributed by atoms with Crippen LogP contribution in [0, 0.1) is 0 Å². The van der Waals surface area contributed by atoms with Crippen molar-refractivity contribution < 1.29 is 19.3 Å². The van der Waals surface area contributed by atoms with Crippen LogP contribution < -0.4 is 19.5 Å². The minimum Gasteiger partial charge on any atom is -0.493 e. The first-order valence-electron chi connectivity index (χ1n) is 10.1. The molecule has 5 heteroatoms. The number of hydrogen-bond acceptors (Lipinski definition) is 5. The van der Waals surface area contributed by atoms with Crippen LogP contribution in [0.25, 0.3) is 0 Å². The van der Waals surface area contributed by atoms with E-state index < -0.39 is 6.10 Å². The molecule has 0 spiro atoms. The van der Waals surface area contributed by atoms with Crippen molar-refractivity contribution in [2.45, 2.75) is 19.1 Å². The second-order valence-corrected chi connectivity index (χ2v) is 7.01. The standard InChI is InChI=1S/C25H29NO4/c1-28-24-12-11-19(15-25(24)29-2)13-14-26-17-23(27)21-9-6-10-22(16-21)30-18-20-7-4-3-5-8-20/h3-12,15-16,23,26-27H,13-14,17-18H2,1-2H3. The van der Waals surface area contributed by atoms with Gasteiger partial charge in [0, 0.05) is 6.54 Å². The number of rotatable bonds is 11. The van der Waals surface area contributed by atoms with E-state index in [0.29, 0.717) is 13.2 Å². The van der Waals surface area contributed by atoms with Gasteiger partial charge in [0.05, 0.1) is 20.3 Å². The molecule has 3 aromatic rings. The van der Waals surface area contributed by atoms with E-state index in [-0.39, 0.29) is 0 Å². The number of methoxy groups -OCH3 is 2. The second kappa shape index (κ2) is 11.2. The molecule has 0 heterocycles. The fraction of sp³-hybridized carbons (Fsp3) is 0.280. The molecule has 5 nitrogen and oxygen atoms in total. The third-order valence-corrected chi connectivity index (χ3v) is 4.87. The van der Waals surface area contributed by atoms with Gasteiger partial charge in [0.15, 0.2) is 11.5 Å². The Morgan fingerprint density at radius 1 is 0.833 bits per heavy atom. The Kier molecular flexibility index (Phi) is 8.12. The first-order chi connectivity index (χ1) is 14.7. The van der Waals surface area contributed by atoms with Gasteiger partial charge in [-0.2, -0.15) is 0 Å². The van der Waals surface area contributed by atoms with Crippen molar-refractivity contribution in [3.63, 3.8) is 0 Å². The molecule has 0 saturated carbocycles. The zero-order chi connectivity index (χ0) is 21.2. The van der Waals surface area contributed by atoms with Crippen molar-refractivity contribution in [3.8, 4) is 17.2 Å². The molecule has 0 saturated heterocycles. The van der Waals surface area contributed by atoms with E-state index in [1.54, 1.807) is 14.2 Å². The minimum absolute atomic E-state index is 0.468. The van der Waals surface area contributed by atoms with Crippen LogP contribution in [0.3, 0.4) is 0 Å². The maximum Gasteiger partial charge on any atom is 0.160 e. The van der Waals surface area contributed by atoms with Gasteiger partial charge in [0.1, 0.15) is 12.4 Å². The summed E-state index contributed by atoms with van der Waals surface area (Å²) in [4.78, 5) is 0. The Balaban J connectivity index is 1.46. The van der Waals surface area contributed by atoms with Gasteiger partial charge in [-0.3, -0.25) is 0 Å². The number of hydrogen-bond donors (Lipinski definition) is 2. The fourth-order valence-corrected chi connectivity index (χ4v) is 3.18. The summed E-state index contributed by atoms with van der Waals surface area (Å²) in [5.41, 5.74) is 3.09. The van der Waals surface area contributed by atoms with Crippen LogP contribution >= 0.6 is 0 Å². The predicted octanol–water partition coefficient (Wildman–Crippen LogP) is 4.15. The van der Waals surface area contributed by atoms with E-state index >= 15 is 0 Å². The van der Waals surface area contributed by atoms with Crippen molar-refractivity contribution in [2.75, 3.05) is 27.3 Å². The highest BCUT2D eigenvalue weighted by molar-refractivity contribution is 5.43. The van der Waals surface area contributed by atoms with Crippen molar-refractivity contribution in [1.29, 1.82) is 0 Å². The summed E-state index contributed by atoms with van der Waals surface area (Å²) in [6, 6.07) is 23.5. The van der Waals surface area contributed by atoms with Crippen molar-refractivity contribution in [1.82, 2.24) is 5.32 Å². The Morgan fingerprint density at radius 2 is 1.63 bits per heavy atom. The lowest BCUT2D eigenvalue weighted by Crippen LogP contribution is -2.23. The molecule has 0 aliphatic carbocycles. The van der Waals surface area contributed by atoms with E-state index in [1.807, 2.05) is 72.8 Å². The molecular formula is C25H29NO4. The van der Waals surface area contributed by atoms with Crippen molar-refractivity contribution in [3.05, 3.63) is 89.5 Å². The average molecular weight is 408 g/mol. The Labute approximate surface area is 178 Å². The van der Waals surface area contributed by atoms with E-state index in [2.05, 4.69) is 5.32 Å². The van der Waals surface area contributed by atoms with Crippen molar-refractivity contribution in [2.24, 2.45) is 0 Å². The summed E-state index contributed by atoms with van der Waals surface area (Å²) in [6.07, 6.45) is 0.225. The second-order valence-electron chi connectivity index (χ2n) is 7.01. The molecule has 0 aromatic heterocycles. The summed E-state index contributed by atoms with van der Waals surface area (Å²) in [5.74, 6) is 2.20. The maximum absolute atomic E-state index is 10.5. The lowest BCUT2D eigenvalue weighted by molar-refractivity contribution is 0.174. The zero-order valence-corrected chi connectivity index (χ0v) is 17.5. The SMILES string of the molecule is COc1ccc(CCNCC(O)c2cccc(OCc3ccccc3)c2)cc1OC. The highest BCUT2D eigenvalue weighted by atomic mass is 16.5. The maximum atomic E-state index is 10.5. The lowest BCUT2D eigenvalue weighted by atomic mass is 10.1. The van der Waals surface area contributed by atoms with Gasteiger partial charge < -0.3 is 24.6 Å². The monoisotopic (exact) mass is 407 g/mol. The average Bonchev–Trinajstić information content (AvgIpc) is 2.81. The molecule has 0 aliphatic rings. The fourth-order valence-electron chi connectivity index (χ4n) is 3.18. The van der Waals surface area contributed by atoms with Crippen LogP contribution in [0.15, 0.2) is 72.8 Å². The van der Waals surface area contributed by atoms with Crippen LogP contribution in [-0.4, -0.2) is 32.4 Å². The first-order valence-corrected chi connectivity index (χ1v) is 10.1. The van der Waals surface area contributed by atoms with Gasteiger partial charge in [0.2, 0.25) is 0 Å². The van der Waals surface area contributed by atoms with Gasteiger partial charge in [-0.25, -0.2) is 0 Å². The summed E-state index contributed by atoms with van der Waals surface area (Å²) < 4.78 is 16.5. The minimum atomic E-state index is -0.601. The molecule has 1 atom stereocenters. The predicted molar refractivity (Wildman–Crippen MR) is 118 cm³/mol. The molecule has 3 rings (SSSR count). The van der Waals surface area contributed by atoms with E-state index in [1.165, 1.54) is 0 Å². The normalized spacial score (nSPS) is 11.7. The summed E-state index contributed by atoms with van der Waals surface area (Å²) >= 11 is 0. The van der Waals surface area contributed by atoms with Crippen LogP contribution in [0.4, 0.5) is 0 Å². The van der Waals surface area contributed by atoms with Gasteiger partial charge in [-0.05, 0) is 53.9 Å². The summed E-state index contributed by atoms with van der Waals surface area (Å²) in [6.45, 7) is 1.72. The quantitative estimate of drug-likeness (QED) is 0.468. The lowest BCUT2D eigenvalue weighted by Gasteiger charge is -2.14. The van der Waals surface area contributed by atoms with Gasteiger partial charge in [-0.15, -0.1) is 0 Å². The van der Waals surface area contributed by atoms with Crippen LogP contribution in [0.1, 0.15) is 22.8 Å². The molecule has 0 aliphatic heterocycles. The van der Waals surface area contributed by atoms with Crippen LogP contribution in [0.2, 0.25) is 0 Å². The molecule has 30 heavy (non-hydrogen) atoms. The van der Waals surface area contributed by atoms with E-state index in [0.717, 1.165) is 46.9 Å². The van der Waals surface area contributed by atoms with Crippen molar-refractivity contribution >= 4 is 0 Å². The first kappa shape index (κ1) is 21.7. The molecule has 1 unspecified atom stereocenters. The largest absolute Gasteiger partial charge is 0.493 e. The highest BCUT2D eigenvalue weighted by Crippen LogP contribution is 2.27. The van der Waals surface area contributed by atoms with Crippen LogP contribution in [0.5, 0.6) is 17.2 Å². The third-order valence-electron chi connectivity index (χ3n) is 4.87. The smallest absolute Gasteiger partial charge is 0.160 e. The van der Waals surface area contributed by atoms with Gasteiger partial charge in [-0.1, -0.05) is 48.5 Å². The summed E-state index contributed by atoms with van der Waals surface area (Å²) in [7, 11) is 3.26. The number of benzene rings is 3. The molecule has 2 N–H and O–H groups in total. The molecule has 0 amide bonds. The van der Waals surface area contributed by atoms with E-state index in [9.17, 15) is 5.11 Å². The number of aliphatic hydroxyl groups excluding tert-OH is 1. The Hall–Kier alpha value is -3.02. The molecule has 158 valence electrons. The van der Waals surface area contributed by atoms with Gasteiger partial charge >= 0.3 is 0 Å². The molecule has 0 bridgehead atoms. The summed E-state index contributed by atoms with van der Waals surface area (Å²) in [5, 5.41) is 13.8. The molecular weight excluding hydrogens is 378 g/mol. The molecule has 3 aromatic carbocycles. The van der Waals surface area contributed by atoms with Crippen LogP contribution in [-0.2, 0) is 13.0 Å². The Morgan fingerprint density at radius 3 is 2.40 bits per heavy atom. The number of aliphatic hydroxyl groups is 1. The highest BCUT2D eigenvalue weighted by Gasteiger charge is 2.09. The van der Waals surface area contributed by atoms with Gasteiger partial charge in [0.25, 0.3) is 0 Å². The number of nitrogens with one attached hydrogen (secondary N) is 1. The van der Waals surface area contributed by atoms with E-state index in [4.69, 9.17) is 14.2 Å². The zero-order valence-electron chi connectivity index (χ0n) is 17.5. The molecule has 0 radical (unpaired) electrons. The number of ether oxygens (including phenoxy) is 3. The third kappa shape index (κ3) is 6.24. The Bertz CT molecular complexity index is 914. The molecule has 0 fully saturated rings. The topological polar surface area (TPSA) is 60.0 Å².